The van der Waals surface area contributed by atoms with Gasteiger partial charge in [0.25, 0.3) is 5.56 Å². The molecule has 4 rings (SSSR count). The maximum Gasteiger partial charge on any atom is 0.258 e. The first-order valence-corrected chi connectivity index (χ1v) is 11.3. The highest BCUT2D eigenvalue weighted by Gasteiger charge is 2.10. The van der Waals surface area contributed by atoms with Crippen molar-refractivity contribution in [2.45, 2.75) is 29.4 Å². The Bertz CT molecular complexity index is 1210. The lowest BCUT2D eigenvalue weighted by molar-refractivity contribution is -0.116. The fourth-order valence-electron chi connectivity index (χ4n) is 2.89. The van der Waals surface area contributed by atoms with Gasteiger partial charge >= 0.3 is 0 Å². The van der Waals surface area contributed by atoms with Gasteiger partial charge in [-0.05, 0) is 24.1 Å². The summed E-state index contributed by atoms with van der Waals surface area (Å²) < 4.78 is 0.812. The van der Waals surface area contributed by atoms with Gasteiger partial charge in [0.2, 0.25) is 11.0 Å². The van der Waals surface area contributed by atoms with E-state index in [-0.39, 0.29) is 11.5 Å². The molecule has 1 amide bonds. The maximum absolute atomic E-state index is 12.2. The van der Waals surface area contributed by atoms with Crippen LogP contribution in [0.5, 0.6) is 0 Å². The number of aromatic nitrogens is 4. The molecule has 0 saturated heterocycles. The van der Waals surface area contributed by atoms with Crippen LogP contribution < -0.4 is 10.9 Å². The van der Waals surface area contributed by atoms with Crippen LogP contribution in [0.4, 0.5) is 5.13 Å². The number of carbonyl (C=O) groups is 1. The predicted molar refractivity (Wildman–Crippen MR) is 120 cm³/mol. The fourth-order valence-corrected chi connectivity index (χ4v) is 4.61. The van der Waals surface area contributed by atoms with E-state index in [1.165, 1.54) is 16.9 Å². The number of thioether (sulfide) groups is 1. The first-order valence-electron chi connectivity index (χ1n) is 9.45. The normalized spacial score (nSPS) is 10.9. The number of carbonyl (C=O) groups excluding carboxylic acids is 1. The van der Waals surface area contributed by atoms with Gasteiger partial charge in [-0.2, -0.15) is 0 Å². The Hall–Kier alpha value is -3.04. The van der Waals surface area contributed by atoms with Crippen molar-refractivity contribution >= 4 is 45.0 Å². The molecule has 30 heavy (non-hydrogen) atoms. The summed E-state index contributed by atoms with van der Waals surface area (Å²) in [5, 5.41) is 12.0. The summed E-state index contributed by atoms with van der Waals surface area (Å²) in [6, 6.07) is 17.3. The number of hydrogen-bond acceptors (Lipinski definition) is 7. The van der Waals surface area contributed by atoms with Crippen molar-refractivity contribution in [3.63, 3.8) is 0 Å². The maximum atomic E-state index is 12.2. The second-order valence-electron chi connectivity index (χ2n) is 6.58. The van der Waals surface area contributed by atoms with Crippen molar-refractivity contribution in [1.82, 2.24) is 20.2 Å². The summed E-state index contributed by atoms with van der Waals surface area (Å²) >= 11 is 2.95. The third-order valence-corrected chi connectivity index (χ3v) is 6.38. The van der Waals surface area contributed by atoms with Gasteiger partial charge in [-0.25, -0.2) is 4.98 Å². The number of hydrogen-bond donors (Lipinski definition) is 2. The number of benzene rings is 2. The molecule has 2 N–H and O–H groups in total. The number of para-hydroxylation sites is 1. The van der Waals surface area contributed by atoms with Gasteiger partial charge in [0.05, 0.1) is 10.9 Å². The summed E-state index contributed by atoms with van der Waals surface area (Å²) in [6.07, 6.45) is 1.39. The van der Waals surface area contributed by atoms with Crippen molar-refractivity contribution in [2.24, 2.45) is 0 Å². The van der Waals surface area contributed by atoms with Gasteiger partial charge in [-0.1, -0.05) is 65.6 Å². The molecule has 0 aliphatic heterocycles. The number of nitrogens with one attached hydrogen (secondary N) is 2. The van der Waals surface area contributed by atoms with Gasteiger partial charge in [0, 0.05) is 18.6 Å². The van der Waals surface area contributed by atoms with Crippen molar-refractivity contribution in [3.8, 4) is 0 Å². The number of nitrogens with zero attached hydrogens (tertiary/aromatic N) is 3. The quantitative estimate of drug-likeness (QED) is 0.319. The molecule has 2 aromatic heterocycles. The van der Waals surface area contributed by atoms with Crippen molar-refractivity contribution in [3.05, 3.63) is 76.3 Å². The molecule has 0 spiro atoms. The van der Waals surface area contributed by atoms with Gasteiger partial charge in [0.15, 0.2) is 4.34 Å². The Morgan fingerprint density at radius 1 is 1.07 bits per heavy atom. The average Bonchev–Trinajstić information content (AvgIpc) is 3.20. The van der Waals surface area contributed by atoms with E-state index in [2.05, 4.69) is 37.6 Å². The van der Waals surface area contributed by atoms with Crippen LogP contribution in [0.2, 0.25) is 0 Å². The third-order valence-electron chi connectivity index (χ3n) is 4.34. The highest BCUT2D eigenvalue weighted by Crippen LogP contribution is 2.28. The molecule has 0 saturated carbocycles. The molecule has 4 aromatic rings. The molecule has 0 atom stereocenters. The van der Waals surface area contributed by atoms with E-state index in [4.69, 9.17) is 0 Å². The minimum absolute atomic E-state index is 0.131. The average molecular weight is 438 g/mol. The molecular formula is C21H19N5O2S2. The van der Waals surface area contributed by atoms with Crippen LogP contribution in [0.3, 0.4) is 0 Å². The second-order valence-corrected chi connectivity index (χ2v) is 8.78. The number of rotatable bonds is 8. The molecular weight excluding hydrogens is 418 g/mol. The van der Waals surface area contributed by atoms with E-state index in [1.54, 1.807) is 17.8 Å². The minimum Gasteiger partial charge on any atom is -0.310 e. The lowest BCUT2D eigenvalue weighted by Gasteiger charge is -2.03. The SMILES string of the molecule is O=C(CCCc1nc2ccccc2c(=O)[nH]1)Nc1nnc(SCc2ccccc2)s1. The second kappa shape index (κ2) is 9.64. The van der Waals surface area contributed by atoms with Gasteiger partial charge in [-0.3, -0.25) is 9.59 Å². The minimum atomic E-state index is -0.158. The molecule has 7 nitrogen and oxygen atoms in total. The van der Waals surface area contributed by atoms with Crippen molar-refractivity contribution in [2.75, 3.05) is 5.32 Å². The highest BCUT2D eigenvalue weighted by atomic mass is 32.2. The number of aryl methyl sites for hydroxylation is 1. The first-order chi connectivity index (χ1) is 14.7. The summed E-state index contributed by atoms with van der Waals surface area (Å²) in [5.74, 6) is 1.26. The number of fused-ring (bicyclic) bond motifs is 1. The van der Waals surface area contributed by atoms with Crippen LogP contribution in [0.15, 0.2) is 63.7 Å². The molecule has 0 bridgehead atoms. The summed E-state index contributed by atoms with van der Waals surface area (Å²) in [6.45, 7) is 0. The molecule has 0 unspecified atom stereocenters. The van der Waals surface area contributed by atoms with E-state index in [0.717, 1.165) is 10.1 Å². The molecule has 2 heterocycles. The summed E-state index contributed by atoms with van der Waals surface area (Å²) in [4.78, 5) is 31.5. The molecule has 0 aliphatic carbocycles. The van der Waals surface area contributed by atoms with E-state index in [9.17, 15) is 9.59 Å². The smallest absolute Gasteiger partial charge is 0.258 e. The molecule has 0 aliphatic rings. The zero-order valence-electron chi connectivity index (χ0n) is 16.0. The number of amides is 1. The summed E-state index contributed by atoms with van der Waals surface area (Å²) in [5.41, 5.74) is 1.72. The van der Waals surface area contributed by atoms with E-state index in [0.29, 0.717) is 41.1 Å². The Morgan fingerprint density at radius 3 is 2.73 bits per heavy atom. The third kappa shape index (κ3) is 5.31. The van der Waals surface area contributed by atoms with Crippen molar-refractivity contribution < 1.29 is 4.79 Å². The van der Waals surface area contributed by atoms with Crippen LogP contribution in [0.25, 0.3) is 10.9 Å². The predicted octanol–water partition coefficient (Wildman–Crippen LogP) is 4.03. The largest absolute Gasteiger partial charge is 0.310 e. The van der Waals surface area contributed by atoms with E-state index in [1.807, 2.05) is 36.4 Å². The van der Waals surface area contributed by atoms with Crippen LogP contribution in [0, 0.1) is 0 Å². The molecule has 152 valence electrons. The van der Waals surface area contributed by atoms with Gasteiger partial charge in [0.1, 0.15) is 5.82 Å². The number of aromatic amines is 1. The Kier molecular flexibility index (Phi) is 6.50. The Balaban J connectivity index is 1.25. The summed E-state index contributed by atoms with van der Waals surface area (Å²) in [7, 11) is 0. The Morgan fingerprint density at radius 2 is 1.87 bits per heavy atom. The van der Waals surface area contributed by atoms with E-state index >= 15 is 0 Å². The lowest BCUT2D eigenvalue weighted by Crippen LogP contribution is -2.14. The van der Waals surface area contributed by atoms with Crippen LogP contribution >= 0.6 is 23.1 Å². The van der Waals surface area contributed by atoms with Gasteiger partial charge in [-0.15, -0.1) is 10.2 Å². The highest BCUT2D eigenvalue weighted by molar-refractivity contribution is 8.00. The monoisotopic (exact) mass is 437 g/mol. The van der Waals surface area contributed by atoms with Crippen LogP contribution in [0.1, 0.15) is 24.2 Å². The number of H-pyrrole nitrogens is 1. The van der Waals surface area contributed by atoms with Crippen LogP contribution in [-0.2, 0) is 17.0 Å². The van der Waals surface area contributed by atoms with Gasteiger partial charge < -0.3 is 10.3 Å². The Labute approximate surface area is 181 Å². The van der Waals surface area contributed by atoms with Crippen LogP contribution in [-0.4, -0.2) is 26.1 Å². The topological polar surface area (TPSA) is 101 Å². The van der Waals surface area contributed by atoms with Crippen molar-refractivity contribution in [1.29, 1.82) is 0 Å². The molecule has 0 fully saturated rings. The molecule has 2 aromatic carbocycles. The standard InChI is InChI=1S/C21H19N5O2S2/c27-18(12-6-11-17-22-16-10-5-4-9-15(16)19(28)23-17)24-20-25-26-21(30-20)29-13-14-7-2-1-3-8-14/h1-5,7-10H,6,11-13H2,(H,22,23,28)(H,24,25,27). The fraction of sp³-hybridized carbons (Fsp3) is 0.190. The molecule has 9 heteroatoms. The van der Waals surface area contributed by atoms with E-state index < -0.39 is 0 Å². The zero-order chi connectivity index (χ0) is 20.8. The molecule has 0 radical (unpaired) electrons. The lowest BCUT2D eigenvalue weighted by atomic mass is 10.2. The number of anilines is 1. The zero-order valence-corrected chi connectivity index (χ0v) is 17.6. The first kappa shape index (κ1) is 20.2.